The van der Waals surface area contributed by atoms with Gasteiger partial charge in [0.2, 0.25) is 5.91 Å². The van der Waals surface area contributed by atoms with Crippen LogP contribution in [0.5, 0.6) is 0 Å². The fourth-order valence-corrected chi connectivity index (χ4v) is 3.00. The first-order chi connectivity index (χ1) is 10.4. The summed E-state index contributed by atoms with van der Waals surface area (Å²) in [4.78, 5) is 35.3. The van der Waals surface area contributed by atoms with Crippen LogP contribution in [0.4, 0.5) is 5.69 Å². The Morgan fingerprint density at radius 2 is 2.18 bits per heavy atom. The lowest BCUT2D eigenvalue weighted by atomic mass is 10.1. The number of benzene rings is 1. The van der Waals surface area contributed by atoms with Crippen LogP contribution in [0.3, 0.4) is 0 Å². The molecule has 2 amide bonds. The lowest BCUT2D eigenvalue weighted by Crippen LogP contribution is -2.33. The molecular formula is C15H18N2O4S. The molecule has 1 aliphatic rings. The van der Waals surface area contributed by atoms with Gasteiger partial charge in [-0.25, -0.2) is 0 Å². The Balaban J connectivity index is 2.04. The molecule has 2 unspecified atom stereocenters. The van der Waals surface area contributed by atoms with Gasteiger partial charge in [0.05, 0.1) is 10.9 Å². The van der Waals surface area contributed by atoms with Gasteiger partial charge in [0, 0.05) is 22.9 Å². The molecular weight excluding hydrogens is 304 g/mol. The van der Waals surface area contributed by atoms with Gasteiger partial charge in [-0.3, -0.25) is 14.4 Å². The zero-order chi connectivity index (χ0) is 16.3. The molecule has 1 aromatic carbocycles. The summed E-state index contributed by atoms with van der Waals surface area (Å²) in [6.07, 6.45) is 0.381. The van der Waals surface area contributed by atoms with Crippen molar-refractivity contribution in [2.45, 2.75) is 42.9 Å². The number of aliphatic carboxylic acids is 1. The summed E-state index contributed by atoms with van der Waals surface area (Å²) in [5.74, 6) is -1.24. The first-order valence-corrected chi connectivity index (χ1v) is 7.89. The zero-order valence-electron chi connectivity index (χ0n) is 12.4. The Bertz CT molecular complexity index is 618. The monoisotopic (exact) mass is 322 g/mol. The molecule has 1 aromatic rings. The number of carboxylic acids is 1. The van der Waals surface area contributed by atoms with Crippen molar-refractivity contribution >= 4 is 35.2 Å². The Kier molecular flexibility index (Phi) is 5.07. The van der Waals surface area contributed by atoms with E-state index in [-0.39, 0.29) is 29.5 Å². The Morgan fingerprint density at radius 1 is 1.45 bits per heavy atom. The highest BCUT2D eigenvalue weighted by Gasteiger charge is 2.24. The van der Waals surface area contributed by atoms with E-state index < -0.39 is 5.97 Å². The molecule has 2 atom stereocenters. The molecule has 0 aromatic heterocycles. The maximum atomic E-state index is 12.2. The molecule has 0 saturated heterocycles. The summed E-state index contributed by atoms with van der Waals surface area (Å²) in [6, 6.07) is 4.93. The minimum atomic E-state index is -0.885. The van der Waals surface area contributed by atoms with Gasteiger partial charge in [0.25, 0.3) is 5.91 Å². The van der Waals surface area contributed by atoms with E-state index in [1.807, 2.05) is 13.0 Å². The Morgan fingerprint density at radius 3 is 2.86 bits per heavy atom. The van der Waals surface area contributed by atoms with E-state index in [2.05, 4.69) is 10.6 Å². The Labute approximate surface area is 132 Å². The molecule has 0 bridgehead atoms. The zero-order valence-corrected chi connectivity index (χ0v) is 13.2. The van der Waals surface area contributed by atoms with Gasteiger partial charge in [-0.15, -0.1) is 11.8 Å². The molecule has 1 aliphatic heterocycles. The van der Waals surface area contributed by atoms with E-state index in [1.165, 1.54) is 11.8 Å². The average molecular weight is 322 g/mol. The topological polar surface area (TPSA) is 95.5 Å². The van der Waals surface area contributed by atoms with E-state index in [0.29, 0.717) is 17.7 Å². The SMILES string of the molecule is CC(CCC(=O)O)NC(=O)c1ccc2c(c1)NC(=O)C(C)S2. The maximum absolute atomic E-state index is 12.2. The van der Waals surface area contributed by atoms with E-state index in [0.717, 1.165) is 4.90 Å². The van der Waals surface area contributed by atoms with Crippen LogP contribution < -0.4 is 10.6 Å². The molecule has 0 aliphatic carbocycles. The van der Waals surface area contributed by atoms with E-state index in [1.54, 1.807) is 19.1 Å². The summed E-state index contributed by atoms with van der Waals surface area (Å²) in [7, 11) is 0. The second kappa shape index (κ2) is 6.83. The molecule has 1 heterocycles. The third kappa shape index (κ3) is 4.00. The number of hydrogen-bond donors (Lipinski definition) is 3. The number of carbonyl (C=O) groups excluding carboxylic acids is 2. The van der Waals surface area contributed by atoms with Crippen molar-refractivity contribution in [1.82, 2.24) is 5.32 Å². The summed E-state index contributed by atoms with van der Waals surface area (Å²) >= 11 is 1.46. The molecule has 2 rings (SSSR count). The van der Waals surface area contributed by atoms with Crippen molar-refractivity contribution in [3.05, 3.63) is 23.8 Å². The van der Waals surface area contributed by atoms with Gasteiger partial charge in [0.15, 0.2) is 0 Å². The van der Waals surface area contributed by atoms with Crippen LogP contribution in [0.2, 0.25) is 0 Å². The van der Waals surface area contributed by atoms with Crippen LogP contribution in [0, 0.1) is 0 Å². The predicted octanol–water partition coefficient (Wildman–Crippen LogP) is 2.10. The number of nitrogens with one attached hydrogen (secondary N) is 2. The Hall–Kier alpha value is -2.02. The molecule has 118 valence electrons. The number of fused-ring (bicyclic) bond motifs is 1. The molecule has 0 radical (unpaired) electrons. The number of anilines is 1. The minimum absolute atomic E-state index is 0.0101. The number of thioether (sulfide) groups is 1. The number of carboxylic acid groups (broad SMARTS) is 1. The molecule has 0 saturated carbocycles. The van der Waals surface area contributed by atoms with Crippen LogP contribution in [0.1, 0.15) is 37.0 Å². The van der Waals surface area contributed by atoms with E-state index >= 15 is 0 Å². The van der Waals surface area contributed by atoms with Gasteiger partial charge in [0.1, 0.15) is 0 Å². The number of rotatable bonds is 5. The van der Waals surface area contributed by atoms with Crippen molar-refractivity contribution in [3.8, 4) is 0 Å². The van der Waals surface area contributed by atoms with Crippen molar-refractivity contribution in [3.63, 3.8) is 0 Å². The largest absolute Gasteiger partial charge is 0.481 e. The predicted molar refractivity (Wildman–Crippen MR) is 84.2 cm³/mol. The first kappa shape index (κ1) is 16.4. The van der Waals surface area contributed by atoms with Crippen molar-refractivity contribution in [1.29, 1.82) is 0 Å². The third-order valence-electron chi connectivity index (χ3n) is 3.34. The number of hydrogen-bond acceptors (Lipinski definition) is 4. The second-order valence-corrected chi connectivity index (χ2v) is 6.65. The van der Waals surface area contributed by atoms with Crippen LogP contribution >= 0.6 is 11.8 Å². The van der Waals surface area contributed by atoms with Gasteiger partial charge in [-0.1, -0.05) is 0 Å². The molecule has 6 nitrogen and oxygen atoms in total. The van der Waals surface area contributed by atoms with Crippen molar-refractivity contribution < 1.29 is 19.5 Å². The quantitative estimate of drug-likeness (QED) is 0.771. The smallest absolute Gasteiger partial charge is 0.303 e. The molecule has 7 heteroatoms. The molecule has 3 N–H and O–H groups in total. The number of amides is 2. The average Bonchev–Trinajstić information content (AvgIpc) is 2.45. The highest BCUT2D eigenvalue weighted by atomic mass is 32.2. The molecule has 22 heavy (non-hydrogen) atoms. The van der Waals surface area contributed by atoms with Gasteiger partial charge in [-0.05, 0) is 38.5 Å². The van der Waals surface area contributed by atoms with Crippen LogP contribution in [0.25, 0.3) is 0 Å². The third-order valence-corrected chi connectivity index (χ3v) is 4.52. The summed E-state index contributed by atoms with van der Waals surface area (Å²) in [6.45, 7) is 3.59. The lowest BCUT2D eigenvalue weighted by Gasteiger charge is -2.22. The summed E-state index contributed by atoms with van der Waals surface area (Å²) < 4.78 is 0. The van der Waals surface area contributed by atoms with Crippen molar-refractivity contribution in [2.75, 3.05) is 5.32 Å². The highest BCUT2D eigenvalue weighted by Crippen LogP contribution is 2.35. The van der Waals surface area contributed by atoms with Crippen LogP contribution in [-0.4, -0.2) is 34.2 Å². The van der Waals surface area contributed by atoms with Gasteiger partial charge < -0.3 is 15.7 Å². The fourth-order valence-electron chi connectivity index (χ4n) is 2.07. The van der Waals surface area contributed by atoms with Crippen LogP contribution in [0.15, 0.2) is 23.1 Å². The second-order valence-electron chi connectivity index (χ2n) is 5.27. The van der Waals surface area contributed by atoms with Crippen LogP contribution in [-0.2, 0) is 9.59 Å². The maximum Gasteiger partial charge on any atom is 0.303 e. The molecule has 0 fully saturated rings. The molecule has 0 spiro atoms. The summed E-state index contributed by atoms with van der Waals surface area (Å²) in [5, 5.41) is 14.0. The normalized spacial score (nSPS) is 18.1. The summed E-state index contributed by atoms with van der Waals surface area (Å²) in [5.41, 5.74) is 1.08. The van der Waals surface area contributed by atoms with Gasteiger partial charge in [-0.2, -0.15) is 0 Å². The minimum Gasteiger partial charge on any atom is -0.481 e. The number of carbonyl (C=O) groups is 3. The first-order valence-electron chi connectivity index (χ1n) is 7.01. The van der Waals surface area contributed by atoms with E-state index in [4.69, 9.17) is 5.11 Å². The van der Waals surface area contributed by atoms with Crippen molar-refractivity contribution in [2.24, 2.45) is 0 Å². The van der Waals surface area contributed by atoms with E-state index in [9.17, 15) is 14.4 Å². The fraction of sp³-hybridized carbons (Fsp3) is 0.400. The highest BCUT2D eigenvalue weighted by molar-refractivity contribution is 8.00. The lowest BCUT2D eigenvalue weighted by molar-refractivity contribution is -0.137. The standard InChI is InChI=1S/C15H18N2O4S/c1-8(3-6-13(18)19)16-15(21)10-4-5-12-11(7-10)17-14(20)9(2)22-12/h4-5,7-9H,3,6H2,1-2H3,(H,16,21)(H,17,20)(H,18,19). The van der Waals surface area contributed by atoms with Gasteiger partial charge >= 0.3 is 5.97 Å².